The third-order valence-corrected chi connectivity index (χ3v) is 5.73. The second-order valence-corrected chi connectivity index (χ2v) is 7.48. The Bertz CT molecular complexity index is 919. The number of nitrogens with zero attached hydrogens (tertiary/aromatic N) is 3. The van der Waals surface area contributed by atoms with Crippen LogP contribution in [0.4, 0.5) is 5.69 Å². The second kappa shape index (κ2) is 7.65. The molecule has 0 N–H and O–H groups in total. The van der Waals surface area contributed by atoms with Crippen molar-refractivity contribution in [3.8, 4) is 6.07 Å². The maximum atomic E-state index is 12.9. The van der Waals surface area contributed by atoms with Gasteiger partial charge in [-0.2, -0.15) is 9.57 Å². The minimum absolute atomic E-state index is 0.0222. The van der Waals surface area contributed by atoms with Gasteiger partial charge in [-0.15, -0.1) is 0 Å². The first kappa shape index (κ1) is 18.9. The maximum Gasteiger partial charge on any atom is 0.275 e. The molecule has 0 saturated carbocycles. The zero-order chi connectivity index (χ0) is 18.6. The van der Waals surface area contributed by atoms with Gasteiger partial charge in [0.1, 0.15) is 5.76 Å². The first-order valence-electron chi connectivity index (χ1n) is 7.11. The Balaban J connectivity index is 2.49. The lowest BCUT2D eigenvalue weighted by Gasteiger charge is -2.20. The van der Waals surface area contributed by atoms with Crippen molar-refractivity contribution < 1.29 is 17.8 Å². The van der Waals surface area contributed by atoms with E-state index >= 15 is 0 Å². The van der Waals surface area contributed by atoms with E-state index in [-0.39, 0.29) is 40.7 Å². The van der Waals surface area contributed by atoms with Gasteiger partial charge < -0.3 is 4.42 Å². The standard InChI is InChI=1S/C15H14ClN3O5S/c1-11-14(16)8-13(9-15(11)19(20)21)25(22,23)18(6-3-5-17)10-12-4-2-7-24-12/h2,4,7-9H,3,6,10H2,1H3. The highest BCUT2D eigenvalue weighted by Gasteiger charge is 2.29. The van der Waals surface area contributed by atoms with Crippen LogP contribution in [-0.4, -0.2) is 24.2 Å². The fraction of sp³-hybridized carbons (Fsp3) is 0.267. The molecule has 10 heteroatoms. The maximum absolute atomic E-state index is 12.9. The summed E-state index contributed by atoms with van der Waals surface area (Å²) in [6, 6.07) is 7.22. The van der Waals surface area contributed by atoms with Gasteiger partial charge in [-0.1, -0.05) is 11.6 Å². The molecule has 8 nitrogen and oxygen atoms in total. The monoisotopic (exact) mass is 383 g/mol. The molecule has 1 aromatic heterocycles. The van der Waals surface area contributed by atoms with E-state index in [9.17, 15) is 18.5 Å². The van der Waals surface area contributed by atoms with Crippen LogP contribution in [-0.2, 0) is 16.6 Å². The summed E-state index contributed by atoms with van der Waals surface area (Å²) in [4.78, 5) is 10.1. The van der Waals surface area contributed by atoms with Gasteiger partial charge in [0.2, 0.25) is 10.0 Å². The smallest absolute Gasteiger partial charge is 0.275 e. The van der Waals surface area contributed by atoms with E-state index in [4.69, 9.17) is 21.3 Å². The molecule has 25 heavy (non-hydrogen) atoms. The molecule has 2 rings (SSSR count). The van der Waals surface area contributed by atoms with Gasteiger partial charge in [0, 0.05) is 24.6 Å². The zero-order valence-corrected chi connectivity index (χ0v) is 14.7. The molecule has 0 bridgehead atoms. The van der Waals surface area contributed by atoms with Gasteiger partial charge in [-0.25, -0.2) is 8.42 Å². The van der Waals surface area contributed by atoms with E-state index in [0.717, 1.165) is 10.4 Å². The normalized spacial score (nSPS) is 11.4. The lowest BCUT2D eigenvalue weighted by atomic mass is 10.2. The molecular weight excluding hydrogens is 370 g/mol. The Kier molecular flexibility index (Phi) is 5.79. The van der Waals surface area contributed by atoms with Gasteiger partial charge in [0.15, 0.2) is 0 Å². The van der Waals surface area contributed by atoms with Crippen molar-refractivity contribution in [2.24, 2.45) is 0 Å². The molecule has 0 unspecified atom stereocenters. The molecule has 0 aliphatic heterocycles. The first-order chi connectivity index (χ1) is 11.8. The van der Waals surface area contributed by atoms with E-state index in [0.29, 0.717) is 5.76 Å². The van der Waals surface area contributed by atoms with Gasteiger partial charge in [-0.3, -0.25) is 10.1 Å². The number of nitro benzene ring substituents is 1. The summed E-state index contributed by atoms with van der Waals surface area (Å²) in [6.45, 7) is 1.25. The summed E-state index contributed by atoms with van der Waals surface area (Å²) < 4.78 is 32.0. The minimum atomic E-state index is -4.11. The Morgan fingerprint density at radius 3 is 2.72 bits per heavy atom. The van der Waals surface area contributed by atoms with Crippen LogP contribution in [0.3, 0.4) is 0 Å². The van der Waals surface area contributed by atoms with Crippen molar-refractivity contribution in [2.45, 2.75) is 24.8 Å². The molecule has 132 valence electrons. The topological polar surface area (TPSA) is 117 Å². The number of sulfonamides is 1. The number of benzene rings is 1. The lowest BCUT2D eigenvalue weighted by molar-refractivity contribution is -0.385. The average Bonchev–Trinajstić information content (AvgIpc) is 3.06. The fourth-order valence-electron chi connectivity index (χ4n) is 2.16. The third-order valence-electron chi connectivity index (χ3n) is 3.51. The number of hydrogen-bond acceptors (Lipinski definition) is 6. The summed E-state index contributed by atoms with van der Waals surface area (Å²) in [5.74, 6) is 0.384. The largest absolute Gasteiger partial charge is 0.468 e. The van der Waals surface area contributed by atoms with Crippen molar-refractivity contribution in [1.82, 2.24) is 4.31 Å². The predicted octanol–water partition coefficient (Wildman–Crippen LogP) is 3.25. The summed E-state index contributed by atoms with van der Waals surface area (Å²) in [6.07, 6.45) is 1.36. The number of hydrogen-bond donors (Lipinski definition) is 0. The Morgan fingerprint density at radius 2 is 2.16 bits per heavy atom. The van der Waals surface area contributed by atoms with Crippen molar-refractivity contribution >= 4 is 27.3 Å². The first-order valence-corrected chi connectivity index (χ1v) is 8.93. The molecule has 0 atom stereocenters. The van der Waals surface area contributed by atoms with Gasteiger partial charge in [0.25, 0.3) is 5.69 Å². The number of rotatable bonds is 7. The number of nitriles is 1. The SMILES string of the molecule is Cc1c(Cl)cc(S(=O)(=O)N(CCC#N)Cc2ccco2)cc1[N+](=O)[O-]. The van der Waals surface area contributed by atoms with Crippen molar-refractivity contribution in [3.05, 3.63) is 57.0 Å². The van der Waals surface area contributed by atoms with Crippen LogP contribution in [0, 0.1) is 28.4 Å². The Hall–Kier alpha value is -2.41. The van der Waals surface area contributed by atoms with Gasteiger partial charge >= 0.3 is 0 Å². The van der Waals surface area contributed by atoms with Crippen LogP contribution in [0.25, 0.3) is 0 Å². The van der Waals surface area contributed by atoms with Crippen LogP contribution in [0.15, 0.2) is 39.8 Å². The summed E-state index contributed by atoms with van der Waals surface area (Å²) in [5, 5.41) is 19.9. The summed E-state index contributed by atoms with van der Waals surface area (Å²) >= 11 is 5.96. The molecule has 0 saturated heterocycles. The van der Waals surface area contributed by atoms with Crippen LogP contribution >= 0.6 is 11.6 Å². The Labute approximate surface area is 149 Å². The van der Waals surface area contributed by atoms with Crippen LogP contribution in [0.2, 0.25) is 5.02 Å². The van der Waals surface area contributed by atoms with E-state index < -0.39 is 14.9 Å². The molecule has 1 aromatic carbocycles. The van der Waals surface area contributed by atoms with Gasteiger partial charge in [0.05, 0.1) is 33.7 Å². The minimum Gasteiger partial charge on any atom is -0.468 e. The number of halogens is 1. The molecule has 0 fully saturated rings. The van der Waals surface area contributed by atoms with E-state index in [1.807, 2.05) is 6.07 Å². The van der Waals surface area contributed by atoms with Crippen molar-refractivity contribution in [3.63, 3.8) is 0 Å². The third kappa shape index (κ3) is 4.17. The van der Waals surface area contributed by atoms with Crippen molar-refractivity contribution in [1.29, 1.82) is 5.26 Å². The fourth-order valence-corrected chi connectivity index (χ4v) is 3.90. The van der Waals surface area contributed by atoms with Crippen LogP contribution in [0.5, 0.6) is 0 Å². The summed E-state index contributed by atoms with van der Waals surface area (Å²) in [5.41, 5.74) is -0.204. The number of furan rings is 1. The van der Waals surface area contributed by atoms with Crippen molar-refractivity contribution in [2.75, 3.05) is 6.54 Å². The quantitative estimate of drug-likeness (QED) is 0.535. The highest BCUT2D eigenvalue weighted by atomic mass is 35.5. The predicted molar refractivity (Wildman–Crippen MR) is 89.4 cm³/mol. The zero-order valence-electron chi connectivity index (χ0n) is 13.2. The second-order valence-electron chi connectivity index (χ2n) is 5.13. The van der Waals surface area contributed by atoms with E-state index in [1.165, 1.54) is 19.3 Å². The van der Waals surface area contributed by atoms with Crippen LogP contribution < -0.4 is 0 Å². The van der Waals surface area contributed by atoms with E-state index in [2.05, 4.69) is 0 Å². The molecular formula is C15H14ClN3O5S. The molecule has 1 heterocycles. The Morgan fingerprint density at radius 1 is 1.44 bits per heavy atom. The number of nitro groups is 1. The molecule has 0 amide bonds. The average molecular weight is 384 g/mol. The molecule has 2 aromatic rings. The molecule has 0 spiro atoms. The van der Waals surface area contributed by atoms with Gasteiger partial charge in [-0.05, 0) is 25.1 Å². The summed E-state index contributed by atoms with van der Waals surface area (Å²) in [7, 11) is -4.11. The molecule has 0 aliphatic carbocycles. The van der Waals surface area contributed by atoms with Crippen LogP contribution in [0.1, 0.15) is 17.7 Å². The molecule has 0 radical (unpaired) electrons. The van der Waals surface area contributed by atoms with E-state index in [1.54, 1.807) is 12.1 Å². The highest BCUT2D eigenvalue weighted by Crippen LogP contribution is 2.31. The lowest BCUT2D eigenvalue weighted by Crippen LogP contribution is -2.31. The molecule has 0 aliphatic rings. The highest BCUT2D eigenvalue weighted by molar-refractivity contribution is 7.89.